The first-order valence-electron chi connectivity index (χ1n) is 4.40. The van der Waals surface area contributed by atoms with Crippen LogP contribution < -0.4 is 5.32 Å². The third kappa shape index (κ3) is 4.52. The van der Waals surface area contributed by atoms with E-state index in [2.05, 4.69) is 15.5 Å². The zero-order chi connectivity index (χ0) is 9.52. The molecule has 1 aromatic heterocycles. The number of alkyl halides is 1. The average Bonchev–Trinajstić information content (AvgIpc) is 2.14. The summed E-state index contributed by atoms with van der Waals surface area (Å²) in [5, 5.41) is 10.7. The van der Waals surface area contributed by atoms with E-state index >= 15 is 0 Å². The fourth-order valence-electron chi connectivity index (χ4n) is 0.945. The van der Waals surface area contributed by atoms with Gasteiger partial charge in [0, 0.05) is 12.7 Å². The number of hydrogen-bond donors (Lipinski definition) is 1. The molecular weight excluding hydrogens is 169 g/mol. The van der Waals surface area contributed by atoms with Crippen LogP contribution in [-0.2, 0) is 6.54 Å². The Morgan fingerprint density at radius 2 is 2.46 bits per heavy atom. The fraction of sp³-hybridized carbons (Fsp3) is 0.556. The molecule has 0 saturated heterocycles. The molecule has 1 atom stereocenters. The largest absolute Gasteiger partial charge is 0.311 e. The smallest absolute Gasteiger partial charge is 0.0985 e. The molecule has 1 heterocycles. The molecular formula is C9H14FN3. The third-order valence-electron chi connectivity index (χ3n) is 1.65. The second-order valence-corrected chi connectivity index (χ2v) is 2.96. The number of hydrogen-bond acceptors (Lipinski definition) is 3. The van der Waals surface area contributed by atoms with E-state index in [-0.39, 0.29) is 0 Å². The molecule has 0 amide bonds. The molecule has 0 aromatic carbocycles. The minimum absolute atomic E-state index is 0.542. The van der Waals surface area contributed by atoms with Crippen molar-refractivity contribution in [2.24, 2.45) is 0 Å². The lowest BCUT2D eigenvalue weighted by molar-refractivity contribution is 0.335. The second-order valence-electron chi connectivity index (χ2n) is 2.96. The van der Waals surface area contributed by atoms with Crippen LogP contribution in [0.4, 0.5) is 4.39 Å². The summed E-state index contributed by atoms with van der Waals surface area (Å²) in [6.45, 7) is 2.89. The van der Waals surface area contributed by atoms with E-state index < -0.39 is 6.17 Å². The van der Waals surface area contributed by atoms with E-state index in [1.807, 2.05) is 12.1 Å². The van der Waals surface area contributed by atoms with E-state index in [1.165, 1.54) is 0 Å². The van der Waals surface area contributed by atoms with Crippen molar-refractivity contribution in [3.8, 4) is 0 Å². The van der Waals surface area contributed by atoms with Gasteiger partial charge < -0.3 is 5.32 Å². The highest BCUT2D eigenvalue weighted by molar-refractivity contribution is 4.98. The first-order valence-corrected chi connectivity index (χ1v) is 4.40. The number of rotatable bonds is 5. The highest BCUT2D eigenvalue weighted by Crippen LogP contribution is 1.94. The van der Waals surface area contributed by atoms with E-state index in [9.17, 15) is 4.39 Å². The number of nitrogens with one attached hydrogen (secondary N) is 1. The lowest BCUT2D eigenvalue weighted by Gasteiger charge is -2.03. The van der Waals surface area contributed by atoms with Crippen LogP contribution in [0.25, 0.3) is 0 Å². The van der Waals surface area contributed by atoms with Crippen LogP contribution >= 0.6 is 0 Å². The Balaban J connectivity index is 2.13. The van der Waals surface area contributed by atoms with Crippen LogP contribution in [0.3, 0.4) is 0 Å². The Kier molecular flexibility index (Phi) is 4.32. The zero-order valence-corrected chi connectivity index (χ0v) is 7.70. The van der Waals surface area contributed by atoms with E-state index in [4.69, 9.17) is 0 Å². The van der Waals surface area contributed by atoms with Crippen molar-refractivity contribution in [1.29, 1.82) is 0 Å². The molecule has 1 rings (SSSR count). The van der Waals surface area contributed by atoms with E-state index in [0.717, 1.165) is 5.69 Å². The Morgan fingerprint density at radius 3 is 3.08 bits per heavy atom. The normalized spacial score (nSPS) is 12.8. The average molecular weight is 183 g/mol. The monoisotopic (exact) mass is 183 g/mol. The van der Waals surface area contributed by atoms with Crippen LogP contribution in [0, 0.1) is 0 Å². The maximum absolute atomic E-state index is 12.4. The highest BCUT2D eigenvalue weighted by atomic mass is 19.1. The molecule has 0 fully saturated rings. The minimum Gasteiger partial charge on any atom is -0.311 e. The van der Waals surface area contributed by atoms with E-state index in [0.29, 0.717) is 19.5 Å². The van der Waals surface area contributed by atoms with Crippen molar-refractivity contribution >= 4 is 0 Å². The van der Waals surface area contributed by atoms with E-state index in [1.54, 1.807) is 13.1 Å². The van der Waals surface area contributed by atoms with Gasteiger partial charge in [-0.2, -0.15) is 10.2 Å². The van der Waals surface area contributed by atoms with Gasteiger partial charge in [-0.1, -0.05) is 0 Å². The van der Waals surface area contributed by atoms with Crippen molar-refractivity contribution in [1.82, 2.24) is 15.5 Å². The maximum atomic E-state index is 12.4. The van der Waals surface area contributed by atoms with Crippen LogP contribution in [0.15, 0.2) is 18.3 Å². The summed E-state index contributed by atoms with van der Waals surface area (Å²) in [6, 6.07) is 3.72. The summed E-state index contributed by atoms with van der Waals surface area (Å²) in [7, 11) is 0. The predicted octanol–water partition coefficient (Wildman–Crippen LogP) is 1.31. The molecule has 0 spiro atoms. The first kappa shape index (κ1) is 10.1. The first-order chi connectivity index (χ1) is 6.29. The molecule has 0 radical (unpaired) electrons. The molecule has 0 aliphatic carbocycles. The molecule has 3 nitrogen and oxygen atoms in total. The lowest BCUT2D eigenvalue weighted by Crippen LogP contribution is -2.18. The van der Waals surface area contributed by atoms with Crippen LogP contribution in [-0.4, -0.2) is 22.9 Å². The molecule has 4 heteroatoms. The number of halogens is 1. The Hall–Kier alpha value is -1.03. The van der Waals surface area contributed by atoms with Gasteiger partial charge in [-0.25, -0.2) is 4.39 Å². The van der Waals surface area contributed by atoms with Gasteiger partial charge in [-0.3, -0.25) is 0 Å². The minimum atomic E-state index is -0.741. The molecule has 1 N–H and O–H groups in total. The SMILES string of the molecule is CC(F)CCNCc1cccnn1. The second kappa shape index (κ2) is 5.59. The molecule has 0 bridgehead atoms. The highest BCUT2D eigenvalue weighted by Gasteiger charge is 1.97. The van der Waals surface area contributed by atoms with Crippen molar-refractivity contribution in [3.63, 3.8) is 0 Å². The van der Waals surface area contributed by atoms with Crippen molar-refractivity contribution in [2.45, 2.75) is 26.1 Å². The van der Waals surface area contributed by atoms with Crippen molar-refractivity contribution in [3.05, 3.63) is 24.0 Å². The van der Waals surface area contributed by atoms with Gasteiger partial charge in [-0.15, -0.1) is 0 Å². The Bertz CT molecular complexity index is 226. The van der Waals surface area contributed by atoms with Crippen LogP contribution in [0.2, 0.25) is 0 Å². The maximum Gasteiger partial charge on any atom is 0.0985 e. The lowest BCUT2D eigenvalue weighted by atomic mass is 10.3. The van der Waals surface area contributed by atoms with Crippen LogP contribution in [0.5, 0.6) is 0 Å². The van der Waals surface area contributed by atoms with Gasteiger partial charge >= 0.3 is 0 Å². The van der Waals surface area contributed by atoms with Crippen molar-refractivity contribution in [2.75, 3.05) is 6.54 Å². The molecule has 0 aliphatic heterocycles. The van der Waals surface area contributed by atoms with Crippen molar-refractivity contribution < 1.29 is 4.39 Å². The zero-order valence-electron chi connectivity index (χ0n) is 7.70. The Morgan fingerprint density at radius 1 is 1.62 bits per heavy atom. The quantitative estimate of drug-likeness (QED) is 0.699. The molecule has 72 valence electrons. The van der Waals surface area contributed by atoms with Gasteiger partial charge in [0.05, 0.1) is 11.9 Å². The summed E-state index contributed by atoms with van der Waals surface area (Å²) in [4.78, 5) is 0. The molecule has 1 unspecified atom stereocenters. The summed E-state index contributed by atoms with van der Waals surface area (Å²) in [5.74, 6) is 0. The summed E-state index contributed by atoms with van der Waals surface area (Å²) in [5.41, 5.74) is 0.883. The fourth-order valence-corrected chi connectivity index (χ4v) is 0.945. The van der Waals surface area contributed by atoms with Crippen LogP contribution in [0.1, 0.15) is 19.0 Å². The topological polar surface area (TPSA) is 37.8 Å². The molecule has 0 saturated carbocycles. The van der Waals surface area contributed by atoms with Gasteiger partial charge in [0.25, 0.3) is 0 Å². The predicted molar refractivity (Wildman–Crippen MR) is 48.9 cm³/mol. The Labute approximate surface area is 77.4 Å². The number of aromatic nitrogens is 2. The number of nitrogens with zero attached hydrogens (tertiary/aromatic N) is 2. The van der Waals surface area contributed by atoms with Gasteiger partial charge in [0.2, 0.25) is 0 Å². The standard InChI is InChI=1S/C9H14FN3/c1-8(10)4-6-11-7-9-3-2-5-12-13-9/h2-3,5,8,11H,4,6-7H2,1H3. The summed E-state index contributed by atoms with van der Waals surface area (Å²) >= 11 is 0. The molecule has 13 heavy (non-hydrogen) atoms. The summed E-state index contributed by atoms with van der Waals surface area (Å²) in [6.07, 6.45) is 1.43. The molecule has 0 aliphatic rings. The van der Waals surface area contributed by atoms with Gasteiger partial charge in [0.15, 0.2) is 0 Å². The van der Waals surface area contributed by atoms with Gasteiger partial charge in [-0.05, 0) is 32.0 Å². The third-order valence-corrected chi connectivity index (χ3v) is 1.65. The molecule has 1 aromatic rings. The summed E-state index contributed by atoms with van der Waals surface area (Å²) < 4.78 is 12.4. The van der Waals surface area contributed by atoms with Gasteiger partial charge in [0.1, 0.15) is 0 Å².